The maximum atomic E-state index is 11.2. The van der Waals surface area contributed by atoms with Gasteiger partial charge in [0.2, 0.25) is 10.0 Å². The fraction of sp³-hybridized carbons (Fsp3) is 0.714. The van der Waals surface area contributed by atoms with E-state index >= 15 is 0 Å². The molecule has 0 aliphatic heterocycles. The van der Waals surface area contributed by atoms with Crippen molar-refractivity contribution in [3.8, 4) is 0 Å². The van der Waals surface area contributed by atoms with E-state index < -0.39 is 39.9 Å². The molecule has 0 heterocycles. The highest BCUT2D eigenvalue weighted by Crippen LogP contribution is 1.97. The summed E-state index contributed by atoms with van der Waals surface area (Å²) in [6, 6.07) is -1.70. The first-order valence-corrected chi connectivity index (χ1v) is 5.82. The Morgan fingerprint density at radius 2 is 1.94 bits per heavy atom. The Morgan fingerprint density at radius 3 is 2.25 bits per heavy atom. The van der Waals surface area contributed by atoms with Crippen LogP contribution in [0.2, 0.25) is 0 Å². The fourth-order valence-corrected chi connectivity index (χ4v) is 2.00. The largest absolute Gasteiger partial charge is 0.480 e. The van der Waals surface area contributed by atoms with Crippen LogP contribution < -0.4 is 4.72 Å². The zero-order chi connectivity index (χ0) is 12.9. The van der Waals surface area contributed by atoms with Crippen LogP contribution in [-0.4, -0.2) is 55.6 Å². The summed E-state index contributed by atoms with van der Waals surface area (Å²) in [4.78, 5) is 21.3. The van der Waals surface area contributed by atoms with Crippen LogP contribution in [0.25, 0.3) is 0 Å². The summed E-state index contributed by atoms with van der Waals surface area (Å²) in [6.45, 7) is 1.11. The molecule has 9 heteroatoms. The van der Waals surface area contributed by atoms with Gasteiger partial charge in [0.05, 0.1) is 13.2 Å². The van der Waals surface area contributed by atoms with E-state index in [1.807, 2.05) is 0 Å². The van der Waals surface area contributed by atoms with E-state index in [0.717, 1.165) is 14.0 Å². The average molecular weight is 255 g/mol. The first-order chi connectivity index (χ1) is 7.19. The highest BCUT2D eigenvalue weighted by Gasteiger charge is 2.29. The van der Waals surface area contributed by atoms with Crippen LogP contribution in [0.3, 0.4) is 0 Å². The van der Waals surface area contributed by atoms with Crippen LogP contribution in [0.1, 0.15) is 6.92 Å². The van der Waals surface area contributed by atoms with Gasteiger partial charge in [0.15, 0.2) is 5.75 Å². The number of aliphatic carboxylic acids is 1. The van der Waals surface area contributed by atoms with E-state index in [2.05, 4.69) is 4.74 Å². The van der Waals surface area contributed by atoms with E-state index in [1.165, 1.54) is 0 Å². The summed E-state index contributed by atoms with van der Waals surface area (Å²) in [5, 5.41) is 17.6. The molecule has 2 unspecified atom stereocenters. The summed E-state index contributed by atoms with van der Waals surface area (Å²) in [7, 11) is -3.15. The number of sulfonamides is 1. The number of carbonyl (C=O) groups excluding carboxylic acids is 1. The van der Waals surface area contributed by atoms with Gasteiger partial charge in [-0.1, -0.05) is 0 Å². The normalized spacial score (nSPS) is 15.2. The molecule has 0 saturated carbocycles. The van der Waals surface area contributed by atoms with E-state index in [0.29, 0.717) is 0 Å². The Bertz CT molecular complexity index is 361. The molecule has 0 aromatic heterocycles. The number of carbonyl (C=O) groups is 2. The smallest absolute Gasteiger partial charge is 0.324 e. The molecule has 0 radical (unpaired) electrons. The molecule has 3 N–H and O–H groups in total. The first kappa shape index (κ1) is 14.8. The Morgan fingerprint density at radius 1 is 1.44 bits per heavy atom. The van der Waals surface area contributed by atoms with Gasteiger partial charge < -0.3 is 14.9 Å². The standard InChI is InChI=1S/C7H13NO7S/c1-4(9)6(7(11)12)8-16(13,14)3-5(10)15-2/h4,6,8-9H,3H2,1-2H3,(H,11,12). The minimum atomic E-state index is -4.15. The quantitative estimate of drug-likeness (QED) is 0.464. The molecular weight excluding hydrogens is 242 g/mol. The van der Waals surface area contributed by atoms with E-state index in [9.17, 15) is 18.0 Å². The number of hydrogen-bond acceptors (Lipinski definition) is 6. The van der Waals surface area contributed by atoms with Gasteiger partial charge in [-0.25, -0.2) is 8.42 Å². The number of rotatable bonds is 6. The van der Waals surface area contributed by atoms with Gasteiger partial charge >= 0.3 is 11.9 Å². The number of aliphatic hydroxyl groups excluding tert-OH is 1. The highest BCUT2D eigenvalue weighted by atomic mass is 32.2. The topological polar surface area (TPSA) is 130 Å². The second kappa shape index (κ2) is 5.77. The number of nitrogens with one attached hydrogen (secondary N) is 1. The molecule has 0 fully saturated rings. The molecule has 94 valence electrons. The van der Waals surface area contributed by atoms with Gasteiger partial charge in [-0.2, -0.15) is 4.72 Å². The van der Waals surface area contributed by atoms with Crippen molar-refractivity contribution >= 4 is 22.0 Å². The van der Waals surface area contributed by atoms with Crippen LogP contribution in [0.15, 0.2) is 0 Å². The molecule has 0 amide bonds. The van der Waals surface area contributed by atoms with Gasteiger partial charge in [-0.3, -0.25) is 9.59 Å². The molecule has 0 aliphatic carbocycles. The number of ether oxygens (including phenoxy) is 1. The average Bonchev–Trinajstić information content (AvgIpc) is 2.12. The maximum absolute atomic E-state index is 11.2. The third-order valence-electron chi connectivity index (χ3n) is 1.59. The van der Waals surface area contributed by atoms with Crippen LogP contribution in [0.4, 0.5) is 0 Å². The maximum Gasteiger partial charge on any atom is 0.324 e. The molecule has 0 aromatic rings. The Balaban J connectivity index is 4.68. The third kappa shape index (κ3) is 5.05. The Labute approximate surface area is 92.3 Å². The molecule has 0 aliphatic rings. The Hall–Kier alpha value is -1.19. The van der Waals surface area contributed by atoms with Crippen LogP contribution in [0.5, 0.6) is 0 Å². The number of aliphatic hydroxyl groups is 1. The van der Waals surface area contributed by atoms with Crippen molar-refractivity contribution in [3.05, 3.63) is 0 Å². The second-order valence-corrected chi connectivity index (χ2v) is 4.76. The molecular formula is C7H13NO7S. The molecule has 0 rings (SSSR count). The summed E-state index contributed by atoms with van der Waals surface area (Å²) >= 11 is 0. The minimum Gasteiger partial charge on any atom is -0.480 e. The number of carboxylic acids is 1. The summed E-state index contributed by atoms with van der Waals surface area (Å²) < 4.78 is 28.3. The summed E-state index contributed by atoms with van der Waals surface area (Å²) in [6.07, 6.45) is -1.43. The van der Waals surface area contributed by atoms with Crippen molar-refractivity contribution in [2.24, 2.45) is 0 Å². The monoisotopic (exact) mass is 255 g/mol. The van der Waals surface area contributed by atoms with Crippen molar-refractivity contribution in [3.63, 3.8) is 0 Å². The van der Waals surface area contributed by atoms with Gasteiger partial charge in [0, 0.05) is 0 Å². The lowest BCUT2D eigenvalue weighted by atomic mass is 10.2. The third-order valence-corrected chi connectivity index (χ3v) is 2.82. The van der Waals surface area contributed by atoms with Crippen molar-refractivity contribution in [2.75, 3.05) is 12.9 Å². The second-order valence-electron chi connectivity index (χ2n) is 3.01. The first-order valence-electron chi connectivity index (χ1n) is 4.17. The van der Waals surface area contributed by atoms with Gasteiger partial charge in [-0.05, 0) is 6.92 Å². The molecule has 2 atom stereocenters. The van der Waals surface area contributed by atoms with Crippen LogP contribution >= 0.6 is 0 Å². The lowest BCUT2D eigenvalue weighted by Crippen LogP contribution is -2.49. The van der Waals surface area contributed by atoms with Crippen LogP contribution in [0, 0.1) is 0 Å². The predicted octanol–water partition coefficient (Wildman–Crippen LogP) is -2.09. The van der Waals surface area contributed by atoms with Crippen molar-refractivity contribution < 1.29 is 33.0 Å². The zero-order valence-electron chi connectivity index (χ0n) is 8.71. The lowest BCUT2D eigenvalue weighted by Gasteiger charge is -2.16. The summed E-state index contributed by atoms with van der Waals surface area (Å²) in [5.74, 6) is -3.56. The van der Waals surface area contributed by atoms with Crippen molar-refractivity contribution in [1.29, 1.82) is 0 Å². The zero-order valence-corrected chi connectivity index (χ0v) is 9.52. The molecule has 8 nitrogen and oxygen atoms in total. The molecule has 0 spiro atoms. The van der Waals surface area contributed by atoms with Crippen LogP contribution in [-0.2, 0) is 24.3 Å². The summed E-state index contributed by atoms with van der Waals surface area (Å²) in [5.41, 5.74) is 0. The molecule has 0 bridgehead atoms. The number of carboxylic acid groups (broad SMARTS) is 1. The lowest BCUT2D eigenvalue weighted by molar-refractivity contribution is -0.142. The SMILES string of the molecule is COC(=O)CS(=O)(=O)NC(C(=O)O)C(C)O. The minimum absolute atomic E-state index is 1.00. The molecule has 0 aromatic carbocycles. The van der Waals surface area contributed by atoms with Crippen molar-refractivity contribution in [1.82, 2.24) is 4.72 Å². The number of hydrogen-bond donors (Lipinski definition) is 3. The van der Waals surface area contributed by atoms with E-state index in [1.54, 1.807) is 4.72 Å². The Kier molecular flexibility index (Phi) is 5.35. The van der Waals surface area contributed by atoms with Gasteiger partial charge in [-0.15, -0.1) is 0 Å². The highest BCUT2D eigenvalue weighted by molar-refractivity contribution is 7.90. The number of methoxy groups -OCH3 is 1. The van der Waals surface area contributed by atoms with E-state index in [-0.39, 0.29) is 0 Å². The van der Waals surface area contributed by atoms with Gasteiger partial charge in [0.25, 0.3) is 0 Å². The predicted molar refractivity (Wildman–Crippen MR) is 52.0 cm³/mol. The van der Waals surface area contributed by atoms with E-state index in [4.69, 9.17) is 10.2 Å². The fourth-order valence-electron chi connectivity index (χ4n) is 0.804. The van der Waals surface area contributed by atoms with Gasteiger partial charge in [0.1, 0.15) is 6.04 Å². The molecule has 0 saturated heterocycles. The number of esters is 1. The molecule has 16 heavy (non-hydrogen) atoms. The van der Waals surface area contributed by atoms with Crippen molar-refractivity contribution in [2.45, 2.75) is 19.1 Å².